The zero-order valence-corrected chi connectivity index (χ0v) is 15.1. The van der Waals surface area contributed by atoms with E-state index >= 15 is 0 Å². The molecule has 1 radical (unpaired) electrons. The Morgan fingerprint density at radius 1 is 0.619 bits per heavy atom. The van der Waals surface area contributed by atoms with Crippen molar-refractivity contribution < 1.29 is 36.9 Å². The van der Waals surface area contributed by atoms with E-state index in [0.717, 1.165) is 0 Å². The molecule has 0 aromatic rings. The van der Waals surface area contributed by atoms with E-state index < -0.39 is 12.2 Å². The van der Waals surface area contributed by atoms with E-state index in [1.165, 1.54) is 9.80 Å². The fourth-order valence-corrected chi connectivity index (χ4v) is 2.04. The molecule has 0 saturated carbocycles. The normalized spacial score (nSPS) is 10.1. The molecule has 21 heavy (non-hydrogen) atoms. The molecule has 0 aromatic carbocycles. The molecule has 0 N–H and O–H groups in total. The predicted octanol–water partition coefficient (Wildman–Crippen LogP) is 0.894. The van der Waals surface area contributed by atoms with Gasteiger partial charge in [0.05, 0.1) is 0 Å². The first-order valence-corrected chi connectivity index (χ1v) is 6.92. The summed E-state index contributed by atoms with van der Waals surface area (Å²) in [4.78, 5) is 23.4. The summed E-state index contributed by atoms with van der Waals surface area (Å²) >= 11 is 0. The minimum Gasteiger partial charge on any atom is -0.530 e. The van der Waals surface area contributed by atoms with E-state index in [0.29, 0.717) is 0 Å². The third-order valence-electron chi connectivity index (χ3n) is 2.65. The van der Waals surface area contributed by atoms with Gasteiger partial charge in [0.2, 0.25) is 0 Å². The van der Waals surface area contributed by atoms with E-state index in [1.807, 2.05) is 55.4 Å². The molecule has 0 aromatic heterocycles. The largest absolute Gasteiger partial charge is 2.00 e. The average Bonchev–Trinajstić information content (AvgIpc) is 2.12. The van der Waals surface area contributed by atoms with Crippen molar-refractivity contribution in [2.45, 2.75) is 79.6 Å². The van der Waals surface area contributed by atoms with E-state index in [4.69, 9.17) is 0 Å². The summed E-state index contributed by atoms with van der Waals surface area (Å²) in [7, 11) is 0. The number of carbonyl (C=O) groups is 2. The Morgan fingerprint density at radius 3 is 0.762 bits per heavy atom. The first-order chi connectivity index (χ1) is 8.93. The second-order valence-electron chi connectivity index (χ2n) is 5.72. The van der Waals surface area contributed by atoms with Gasteiger partial charge in [-0.2, -0.15) is 0 Å². The zero-order valence-electron chi connectivity index (χ0n) is 14.1. The van der Waals surface area contributed by atoms with Gasteiger partial charge in [0.15, 0.2) is 0 Å². The number of hydrogen-bond donors (Lipinski definition) is 0. The topological polar surface area (TPSA) is 86.7 Å². The van der Waals surface area contributed by atoms with Crippen LogP contribution >= 0.6 is 0 Å². The van der Waals surface area contributed by atoms with E-state index in [2.05, 4.69) is 0 Å². The Kier molecular flexibility index (Phi) is 13.9. The van der Waals surface area contributed by atoms with Gasteiger partial charge in [-0.05, 0) is 55.4 Å². The van der Waals surface area contributed by atoms with Crippen LogP contribution in [0.2, 0.25) is 0 Å². The monoisotopic (exact) mass is 351 g/mol. The second-order valence-corrected chi connectivity index (χ2v) is 5.72. The summed E-state index contributed by atoms with van der Waals surface area (Å²) in [5, 5.41) is 20.8. The zero-order chi connectivity index (χ0) is 16.6. The average molecular weight is 352 g/mol. The minimum absolute atomic E-state index is 0. The van der Waals surface area contributed by atoms with Gasteiger partial charge < -0.3 is 29.6 Å². The molecule has 0 saturated heterocycles. The Morgan fingerprint density at radius 2 is 0.762 bits per heavy atom. The molecule has 0 unspecified atom stereocenters. The summed E-state index contributed by atoms with van der Waals surface area (Å²) in [5.41, 5.74) is 0. The van der Waals surface area contributed by atoms with Gasteiger partial charge in [-0.1, -0.05) is 0 Å². The Bertz CT molecular complexity index is 261. The van der Waals surface area contributed by atoms with Gasteiger partial charge in [-0.3, -0.25) is 0 Å². The molecule has 0 heterocycles. The smallest absolute Gasteiger partial charge is 0.530 e. The van der Waals surface area contributed by atoms with Crippen molar-refractivity contribution in [3.05, 3.63) is 0 Å². The first-order valence-electron chi connectivity index (χ1n) is 6.92. The summed E-state index contributed by atoms with van der Waals surface area (Å²) in [6.07, 6.45) is -2.19. The van der Waals surface area contributed by atoms with Crippen LogP contribution < -0.4 is 10.2 Å². The number of rotatable bonds is 4. The molecule has 0 aliphatic rings. The Hall–Kier alpha value is -0.941. The van der Waals surface area contributed by atoms with Crippen molar-refractivity contribution in [3.63, 3.8) is 0 Å². The maximum Gasteiger partial charge on any atom is 2.00 e. The molecule has 0 rings (SSSR count). The van der Waals surface area contributed by atoms with E-state index in [1.54, 1.807) is 0 Å². The molecular formula is C14H28CuN2O4. The fraction of sp³-hybridized carbons (Fsp3) is 0.857. The Balaban J connectivity index is -0.000000295. The van der Waals surface area contributed by atoms with Crippen LogP contribution in [0.25, 0.3) is 0 Å². The molecule has 6 nitrogen and oxygen atoms in total. The van der Waals surface area contributed by atoms with Crippen molar-refractivity contribution in [3.8, 4) is 0 Å². The molecule has 0 fully saturated rings. The summed E-state index contributed by atoms with van der Waals surface area (Å²) in [6, 6.07) is 0.0185. The second kappa shape index (κ2) is 11.7. The standard InChI is InChI=1S/2C7H15NO2.Cu/c2*1-5(2)8(6(3)4)7(9)10;/h2*5-6H,1-4H3,(H,9,10);/q;;+2/p-2. The summed E-state index contributed by atoms with van der Waals surface area (Å²) in [6.45, 7) is 14.6. The van der Waals surface area contributed by atoms with Crippen molar-refractivity contribution >= 4 is 12.2 Å². The fourth-order valence-electron chi connectivity index (χ4n) is 2.04. The maximum absolute atomic E-state index is 10.4. The summed E-state index contributed by atoms with van der Waals surface area (Å²) in [5.74, 6) is 0. The number of carboxylic acid groups (broad SMARTS) is 2. The van der Waals surface area contributed by atoms with Crippen molar-refractivity contribution in [2.75, 3.05) is 0 Å². The molecular weight excluding hydrogens is 324 g/mol. The van der Waals surface area contributed by atoms with Gasteiger partial charge in [0, 0.05) is 24.2 Å². The van der Waals surface area contributed by atoms with Crippen molar-refractivity contribution in [1.29, 1.82) is 0 Å². The number of nitrogens with zero attached hydrogens (tertiary/aromatic N) is 2. The molecule has 2 amide bonds. The molecule has 7 heteroatoms. The number of hydrogen-bond acceptors (Lipinski definition) is 4. The van der Waals surface area contributed by atoms with E-state index in [9.17, 15) is 19.8 Å². The van der Waals surface area contributed by atoms with Gasteiger partial charge in [0.1, 0.15) is 12.2 Å². The van der Waals surface area contributed by atoms with Crippen LogP contribution in [0.5, 0.6) is 0 Å². The Labute approximate surface area is 139 Å². The van der Waals surface area contributed by atoms with Gasteiger partial charge >= 0.3 is 17.1 Å². The molecule has 0 atom stereocenters. The molecule has 0 aliphatic heterocycles. The number of amides is 2. The van der Waals surface area contributed by atoms with Crippen LogP contribution in [0.15, 0.2) is 0 Å². The van der Waals surface area contributed by atoms with Crippen molar-refractivity contribution in [1.82, 2.24) is 9.80 Å². The molecule has 0 aliphatic carbocycles. The van der Waals surface area contributed by atoms with E-state index in [-0.39, 0.29) is 41.2 Å². The van der Waals surface area contributed by atoms with Crippen LogP contribution in [0.4, 0.5) is 9.59 Å². The summed E-state index contributed by atoms with van der Waals surface area (Å²) < 4.78 is 0. The molecule has 129 valence electrons. The third-order valence-corrected chi connectivity index (χ3v) is 2.65. The maximum atomic E-state index is 10.4. The first kappa shape index (κ1) is 25.0. The predicted molar refractivity (Wildman–Crippen MR) is 75.0 cm³/mol. The van der Waals surface area contributed by atoms with Crippen LogP contribution in [-0.2, 0) is 17.1 Å². The molecule has 0 bridgehead atoms. The SMILES string of the molecule is CC(C)N(C(=O)[O-])C(C)C.CC(C)N(C(=O)[O-])C(C)C.[Cu+2]. The molecule has 0 spiro atoms. The van der Waals surface area contributed by atoms with Gasteiger partial charge in [-0.15, -0.1) is 0 Å². The van der Waals surface area contributed by atoms with Crippen molar-refractivity contribution in [2.24, 2.45) is 0 Å². The van der Waals surface area contributed by atoms with Gasteiger partial charge in [0.25, 0.3) is 0 Å². The van der Waals surface area contributed by atoms with Crippen LogP contribution in [-0.4, -0.2) is 46.2 Å². The third kappa shape index (κ3) is 10.4. The van der Waals surface area contributed by atoms with Gasteiger partial charge in [-0.25, -0.2) is 0 Å². The van der Waals surface area contributed by atoms with Crippen LogP contribution in [0.3, 0.4) is 0 Å². The minimum atomic E-state index is -1.09. The quantitative estimate of drug-likeness (QED) is 0.704. The number of carbonyl (C=O) groups excluding carboxylic acids is 2. The van der Waals surface area contributed by atoms with Crippen LogP contribution in [0, 0.1) is 0 Å². The van der Waals surface area contributed by atoms with Crippen LogP contribution in [0.1, 0.15) is 55.4 Å².